The Morgan fingerprint density at radius 1 is 1.20 bits per heavy atom. The van der Waals surface area contributed by atoms with Crippen LogP contribution in [-0.4, -0.2) is 57.9 Å². The van der Waals surface area contributed by atoms with Crippen molar-refractivity contribution in [3.63, 3.8) is 0 Å². The fraction of sp³-hybridized carbons (Fsp3) is 0.619. The van der Waals surface area contributed by atoms with Crippen molar-refractivity contribution >= 4 is 35.8 Å². The summed E-state index contributed by atoms with van der Waals surface area (Å²) < 4.78 is 2.25. The second kappa shape index (κ2) is 10.9. The van der Waals surface area contributed by atoms with Crippen LogP contribution >= 0.6 is 24.0 Å². The zero-order chi connectivity index (χ0) is 20.1. The first kappa shape index (κ1) is 22.8. The van der Waals surface area contributed by atoms with Gasteiger partial charge in [0.2, 0.25) is 0 Å². The average Bonchev–Trinajstić information content (AvgIpc) is 3.13. The highest BCUT2D eigenvalue weighted by molar-refractivity contribution is 14.0. The van der Waals surface area contributed by atoms with E-state index in [2.05, 4.69) is 54.3 Å². The number of anilines is 1. The van der Waals surface area contributed by atoms with Crippen LogP contribution < -0.4 is 15.5 Å². The van der Waals surface area contributed by atoms with Gasteiger partial charge in [0.25, 0.3) is 0 Å². The monoisotopic (exact) mass is 524 g/mol. The van der Waals surface area contributed by atoms with E-state index in [4.69, 9.17) is 4.99 Å². The summed E-state index contributed by atoms with van der Waals surface area (Å²) in [6, 6.07) is 6.56. The number of piperidine rings is 1. The number of fused-ring (bicyclic) bond motifs is 1. The maximum Gasteiger partial charge on any atom is 0.191 e. The van der Waals surface area contributed by atoms with Gasteiger partial charge in [0.1, 0.15) is 17.5 Å². The van der Waals surface area contributed by atoms with Crippen molar-refractivity contribution in [2.24, 2.45) is 10.9 Å². The Morgan fingerprint density at radius 3 is 2.77 bits per heavy atom. The van der Waals surface area contributed by atoms with Gasteiger partial charge in [-0.2, -0.15) is 0 Å². The number of rotatable bonds is 5. The van der Waals surface area contributed by atoms with Crippen molar-refractivity contribution in [3.8, 4) is 0 Å². The van der Waals surface area contributed by atoms with E-state index in [1.54, 1.807) is 0 Å². The Kier molecular flexibility index (Phi) is 8.29. The first-order chi connectivity index (χ1) is 14.2. The molecule has 1 atom stereocenters. The predicted octanol–water partition coefficient (Wildman–Crippen LogP) is 2.39. The smallest absolute Gasteiger partial charge is 0.191 e. The molecule has 2 aromatic heterocycles. The molecule has 2 aromatic rings. The lowest BCUT2D eigenvalue weighted by Crippen LogP contribution is -2.49. The van der Waals surface area contributed by atoms with Gasteiger partial charge in [-0.1, -0.05) is 6.07 Å². The van der Waals surface area contributed by atoms with Gasteiger partial charge in [-0.15, -0.1) is 34.2 Å². The van der Waals surface area contributed by atoms with Crippen LogP contribution in [0.2, 0.25) is 0 Å². The molecular weight excluding hydrogens is 491 g/mol. The van der Waals surface area contributed by atoms with Gasteiger partial charge < -0.3 is 20.1 Å². The SMILES string of the molecule is CCNC(=NCC1CCc2nnc(C)n2C1)NC1CCN(c2ccccn2)CC1.I. The van der Waals surface area contributed by atoms with E-state index >= 15 is 0 Å². The molecule has 0 saturated carbocycles. The summed E-state index contributed by atoms with van der Waals surface area (Å²) in [6.45, 7) is 8.87. The number of pyridine rings is 1. The van der Waals surface area contributed by atoms with Gasteiger partial charge >= 0.3 is 0 Å². The number of aliphatic imine (C=N–C) groups is 1. The van der Waals surface area contributed by atoms with E-state index in [1.807, 2.05) is 19.2 Å². The third-order valence-corrected chi connectivity index (χ3v) is 5.89. The molecule has 2 N–H and O–H groups in total. The predicted molar refractivity (Wildman–Crippen MR) is 131 cm³/mol. The summed E-state index contributed by atoms with van der Waals surface area (Å²) in [6.07, 6.45) is 6.17. The largest absolute Gasteiger partial charge is 0.357 e. The second-order valence-corrected chi connectivity index (χ2v) is 7.99. The summed E-state index contributed by atoms with van der Waals surface area (Å²) in [5, 5.41) is 15.5. The Hall–Kier alpha value is -1.91. The quantitative estimate of drug-likeness (QED) is 0.355. The number of aryl methyl sites for hydroxylation is 2. The molecule has 0 radical (unpaired) electrons. The summed E-state index contributed by atoms with van der Waals surface area (Å²) in [4.78, 5) is 11.8. The Morgan fingerprint density at radius 2 is 2.03 bits per heavy atom. The van der Waals surface area contributed by atoms with Crippen LogP contribution in [0.3, 0.4) is 0 Å². The van der Waals surface area contributed by atoms with Gasteiger partial charge in [-0.05, 0) is 51.2 Å². The van der Waals surface area contributed by atoms with E-state index in [1.165, 1.54) is 0 Å². The molecule has 4 heterocycles. The van der Waals surface area contributed by atoms with Crippen LogP contribution in [0.15, 0.2) is 29.4 Å². The highest BCUT2D eigenvalue weighted by atomic mass is 127. The molecule has 0 aromatic carbocycles. The Bertz CT molecular complexity index is 814. The third-order valence-electron chi connectivity index (χ3n) is 5.89. The van der Waals surface area contributed by atoms with Crippen molar-refractivity contribution in [1.29, 1.82) is 0 Å². The number of hydrogen-bond acceptors (Lipinski definition) is 5. The second-order valence-electron chi connectivity index (χ2n) is 7.99. The molecule has 0 spiro atoms. The summed E-state index contributed by atoms with van der Waals surface area (Å²) >= 11 is 0. The fourth-order valence-electron chi connectivity index (χ4n) is 4.21. The number of halogens is 1. The molecule has 9 heteroatoms. The summed E-state index contributed by atoms with van der Waals surface area (Å²) in [5.41, 5.74) is 0. The van der Waals surface area contributed by atoms with Gasteiger partial charge in [-0.25, -0.2) is 4.98 Å². The zero-order valence-corrected chi connectivity index (χ0v) is 20.2. The lowest BCUT2D eigenvalue weighted by Gasteiger charge is -2.34. The molecule has 30 heavy (non-hydrogen) atoms. The maximum absolute atomic E-state index is 4.91. The van der Waals surface area contributed by atoms with Crippen molar-refractivity contribution < 1.29 is 0 Å². The van der Waals surface area contributed by atoms with E-state index < -0.39 is 0 Å². The maximum atomic E-state index is 4.91. The van der Waals surface area contributed by atoms with Crippen molar-refractivity contribution in [2.45, 2.75) is 52.1 Å². The van der Waals surface area contributed by atoms with Crippen LogP contribution in [0.1, 0.15) is 37.8 Å². The molecule has 0 aliphatic carbocycles. The number of nitrogens with zero attached hydrogens (tertiary/aromatic N) is 6. The van der Waals surface area contributed by atoms with E-state index in [-0.39, 0.29) is 24.0 Å². The van der Waals surface area contributed by atoms with Crippen LogP contribution in [0, 0.1) is 12.8 Å². The molecular formula is C21H33IN8. The van der Waals surface area contributed by atoms with Gasteiger partial charge in [0.05, 0.1) is 0 Å². The molecule has 1 fully saturated rings. The number of aromatic nitrogens is 4. The summed E-state index contributed by atoms with van der Waals surface area (Å²) in [5.74, 6) is 4.69. The number of guanidine groups is 1. The minimum Gasteiger partial charge on any atom is -0.357 e. The molecule has 164 valence electrons. The van der Waals surface area contributed by atoms with Crippen molar-refractivity contribution in [2.75, 3.05) is 31.1 Å². The molecule has 0 amide bonds. The minimum atomic E-state index is 0. The number of nitrogens with one attached hydrogen (secondary N) is 2. The van der Waals surface area contributed by atoms with Crippen LogP contribution in [0.25, 0.3) is 0 Å². The average molecular weight is 524 g/mol. The lowest BCUT2D eigenvalue weighted by atomic mass is 9.99. The first-order valence-electron chi connectivity index (χ1n) is 10.8. The molecule has 4 rings (SSSR count). The van der Waals surface area contributed by atoms with E-state index in [0.29, 0.717) is 12.0 Å². The first-order valence-corrected chi connectivity index (χ1v) is 10.8. The van der Waals surface area contributed by atoms with E-state index in [9.17, 15) is 0 Å². The number of hydrogen-bond donors (Lipinski definition) is 2. The molecule has 0 bridgehead atoms. The van der Waals surface area contributed by atoms with Gasteiger partial charge in [0.15, 0.2) is 5.96 Å². The Labute approximate surface area is 196 Å². The molecule has 1 unspecified atom stereocenters. The molecule has 8 nitrogen and oxygen atoms in total. The molecule has 2 aliphatic heterocycles. The van der Waals surface area contributed by atoms with E-state index in [0.717, 1.165) is 81.8 Å². The van der Waals surface area contributed by atoms with Gasteiger partial charge in [-0.3, -0.25) is 4.99 Å². The minimum absolute atomic E-state index is 0. The fourth-order valence-corrected chi connectivity index (χ4v) is 4.21. The Balaban J connectivity index is 0.00000256. The standard InChI is InChI=1S/C21H32N8.HI/c1-3-22-21(24-14-17-7-8-20-27-26-16(2)29(20)15-17)25-18-9-12-28(13-10-18)19-6-4-5-11-23-19;/h4-6,11,17-18H,3,7-10,12-15H2,1-2H3,(H2,22,24,25);1H. The van der Waals surface area contributed by atoms with Crippen molar-refractivity contribution in [3.05, 3.63) is 36.0 Å². The summed E-state index contributed by atoms with van der Waals surface area (Å²) in [7, 11) is 0. The zero-order valence-electron chi connectivity index (χ0n) is 17.9. The van der Waals surface area contributed by atoms with Crippen molar-refractivity contribution in [1.82, 2.24) is 30.4 Å². The molecule has 2 aliphatic rings. The van der Waals surface area contributed by atoms with Crippen LogP contribution in [0.4, 0.5) is 5.82 Å². The molecule has 1 saturated heterocycles. The lowest BCUT2D eigenvalue weighted by molar-refractivity contribution is 0.369. The topological polar surface area (TPSA) is 83.3 Å². The highest BCUT2D eigenvalue weighted by Gasteiger charge is 2.23. The van der Waals surface area contributed by atoms with Gasteiger partial charge in [0, 0.05) is 51.4 Å². The van der Waals surface area contributed by atoms with Crippen LogP contribution in [-0.2, 0) is 13.0 Å². The third kappa shape index (κ3) is 5.61. The van der Waals surface area contributed by atoms with Crippen LogP contribution in [0.5, 0.6) is 0 Å². The highest BCUT2D eigenvalue weighted by Crippen LogP contribution is 2.20. The normalized spacial score (nSPS) is 19.7.